The highest BCUT2D eigenvalue weighted by molar-refractivity contribution is 7.81. The highest BCUT2D eigenvalue weighted by atomic mass is 32.1. The van der Waals surface area contributed by atoms with Gasteiger partial charge in [0.15, 0.2) is 0 Å². The molecule has 0 spiro atoms. The molecule has 22 heavy (non-hydrogen) atoms. The van der Waals surface area contributed by atoms with E-state index < -0.39 is 29.1 Å². The summed E-state index contributed by atoms with van der Waals surface area (Å²) in [4.78, 5) is 33.9. The van der Waals surface area contributed by atoms with Crippen molar-refractivity contribution in [1.82, 2.24) is 5.32 Å². The Morgan fingerprint density at radius 1 is 1.23 bits per heavy atom. The van der Waals surface area contributed by atoms with Crippen LogP contribution in [0.5, 0.6) is 0 Å². The van der Waals surface area contributed by atoms with Crippen LogP contribution in [0.4, 0.5) is 0 Å². The van der Waals surface area contributed by atoms with Gasteiger partial charge < -0.3 is 16.2 Å². The van der Waals surface area contributed by atoms with Crippen molar-refractivity contribution in [2.45, 2.75) is 70.1 Å². The first kappa shape index (κ1) is 20.8. The third-order valence-electron chi connectivity index (χ3n) is 3.70. The Hall–Kier alpha value is -1.24. The SMILES string of the molecule is CCCCC(CC)CC(S)C(=O)N[C@@H](CCC(N)=O)C(=O)O. The van der Waals surface area contributed by atoms with Gasteiger partial charge in [-0.15, -0.1) is 0 Å². The number of carboxylic acid groups (broad SMARTS) is 1. The molecule has 0 saturated carbocycles. The summed E-state index contributed by atoms with van der Waals surface area (Å²) < 4.78 is 0. The molecule has 6 nitrogen and oxygen atoms in total. The molecular formula is C15H28N2O4S. The van der Waals surface area contributed by atoms with E-state index in [-0.39, 0.29) is 12.8 Å². The molecule has 0 heterocycles. The number of thiol groups is 1. The first-order valence-electron chi connectivity index (χ1n) is 7.81. The molecule has 0 aliphatic carbocycles. The molecule has 0 saturated heterocycles. The van der Waals surface area contributed by atoms with Gasteiger partial charge in [0, 0.05) is 6.42 Å². The summed E-state index contributed by atoms with van der Waals surface area (Å²) in [5, 5.41) is 11.0. The molecule has 3 atom stereocenters. The number of carboxylic acids is 1. The zero-order chi connectivity index (χ0) is 17.1. The fraction of sp³-hybridized carbons (Fsp3) is 0.800. The number of nitrogens with one attached hydrogen (secondary N) is 1. The second-order valence-electron chi connectivity index (χ2n) is 5.57. The molecule has 0 aromatic carbocycles. The van der Waals surface area contributed by atoms with Crippen molar-refractivity contribution in [3.8, 4) is 0 Å². The lowest BCUT2D eigenvalue weighted by Crippen LogP contribution is -2.45. The van der Waals surface area contributed by atoms with Gasteiger partial charge in [0.1, 0.15) is 6.04 Å². The number of unbranched alkanes of at least 4 members (excludes halogenated alkanes) is 1. The van der Waals surface area contributed by atoms with Gasteiger partial charge in [-0.2, -0.15) is 12.6 Å². The second-order valence-corrected chi connectivity index (χ2v) is 6.20. The highest BCUT2D eigenvalue weighted by Crippen LogP contribution is 2.21. The number of amides is 2. The standard InChI is InChI=1S/C15H28N2O4S/c1-3-5-6-10(4-2)9-12(22)14(19)17-11(15(20)21)7-8-13(16)18/h10-12,22H,3-9H2,1-2H3,(H2,16,18)(H,17,19)(H,20,21)/t10?,11-,12?/m0/s1. The number of carbonyl (C=O) groups is 3. The molecule has 7 heteroatoms. The average Bonchev–Trinajstić information content (AvgIpc) is 2.46. The largest absolute Gasteiger partial charge is 0.480 e. The van der Waals surface area contributed by atoms with Gasteiger partial charge in [-0.25, -0.2) is 4.79 Å². The lowest BCUT2D eigenvalue weighted by Gasteiger charge is -2.21. The van der Waals surface area contributed by atoms with Crippen molar-refractivity contribution < 1.29 is 19.5 Å². The number of rotatable bonds is 12. The average molecular weight is 332 g/mol. The van der Waals surface area contributed by atoms with Gasteiger partial charge in [0.05, 0.1) is 5.25 Å². The third kappa shape index (κ3) is 8.92. The van der Waals surface area contributed by atoms with Crippen LogP contribution in [0.1, 0.15) is 58.8 Å². The molecule has 128 valence electrons. The summed E-state index contributed by atoms with van der Waals surface area (Å²) in [7, 11) is 0. The molecule has 0 aromatic rings. The number of carbonyl (C=O) groups excluding carboxylic acids is 2. The summed E-state index contributed by atoms with van der Waals surface area (Å²) in [5.74, 6) is -1.76. The van der Waals surface area contributed by atoms with Crippen LogP contribution in [0.25, 0.3) is 0 Å². The molecular weight excluding hydrogens is 304 g/mol. The maximum atomic E-state index is 12.1. The minimum absolute atomic E-state index is 0.00997. The Morgan fingerprint density at radius 3 is 2.32 bits per heavy atom. The Balaban J connectivity index is 4.45. The van der Waals surface area contributed by atoms with E-state index in [4.69, 9.17) is 10.8 Å². The van der Waals surface area contributed by atoms with E-state index in [9.17, 15) is 14.4 Å². The van der Waals surface area contributed by atoms with Crippen molar-refractivity contribution in [1.29, 1.82) is 0 Å². The zero-order valence-corrected chi connectivity index (χ0v) is 14.3. The van der Waals surface area contributed by atoms with Gasteiger partial charge in [0.25, 0.3) is 0 Å². The summed E-state index contributed by atoms with van der Waals surface area (Å²) in [6, 6.07) is -1.11. The predicted octanol–water partition coefficient (Wildman–Crippen LogP) is 1.73. The summed E-state index contributed by atoms with van der Waals surface area (Å²) >= 11 is 4.30. The quantitative estimate of drug-likeness (QED) is 0.408. The molecule has 0 aliphatic heterocycles. The highest BCUT2D eigenvalue weighted by Gasteiger charge is 2.25. The van der Waals surface area contributed by atoms with E-state index in [2.05, 4.69) is 31.8 Å². The van der Waals surface area contributed by atoms with Gasteiger partial charge in [-0.05, 0) is 18.8 Å². The molecule has 2 amide bonds. The predicted molar refractivity (Wildman–Crippen MR) is 88.7 cm³/mol. The van der Waals surface area contributed by atoms with E-state index >= 15 is 0 Å². The molecule has 0 aromatic heterocycles. The Kier molecular flexibility index (Phi) is 10.7. The monoisotopic (exact) mass is 332 g/mol. The Labute approximate surface area is 137 Å². The van der Waals surface area contributed by atoms with Crippen molar-refractivity contribution >= 4 is 30.4 Å². The van der Waals surface area contributed by atoms with Crippen LogP contribution in [0.3, 0.4) is 0 Å². The molecule has 4 N–H and O–H groups in total. The van der Waals surface area contributed by atoms with Crippen LogP contribution in [-0.2, 0) is 14.4 Å². The topological polar surface area (TPSA) is 109 Å². The summed E-state index contributed by atoms with van der Waals surface area (Å²) in [6.07, 6.45) is 4.75. The van der Waals surface area contributed by atoms with Crippen LogP contribution in [0, 0.1) is 5.92 Å². The van der Waals surface area contributed by atoms with E-state index in [0.29, 0.717) is 12.3 Å². The second kappa shape index (κ2) is 11.3. The fourth-order valence-corrected chi connectivity index (χ4v) is 2.59. The van der Waals surface area contributed by atoms with Crippen LogP contribution < -0.4 is 11.1 Å². The smallest absolute Gasteiger partial charge is 0.326 e. The maximum absolute atomic E-state index is 12.1. The Morgan fingerprint density at radius 2 is 1.86 bits per heavy atom. The molecule has 0 fully saturated rings. The van der Waals surface area contributed by atoms with Gasteiger partial charge in [-0.1, -0.05) is 39.5 Å². The van der Waals surface area contributed by atoms with Crippen molar-refractivity contribution in [2.24, 2.45) is 11.7 Å². The molecule has 0 radical (unpaired) electrons. The van der Waals surface area contributed by atoms with Gasteiger partial charge in [-0.3, -0.25) is 9.59 Å². The fourth-order valence-electron chi connectivity index (χ4n) is 2.22. The number of primary amides is 1. The third-order valence-corrected chi connectivity index (χ3v) is 4.14. The van der Waals surface area contributed by atoms with Crippen molar-refractivity contribution in [3.63, 3.8) is 0 Å². The number of hydrogen-bond acceptors (Lipinski definition) is 4. The van der Waals surface area contributed by atoms with E-state index in [1.807, 2.05) is 0 Å². The van der Waals surface area contributed by atoms with Gasteiger partial charge >= 0.3 is 5.97 Å². The van der Waals surface area contributed by atoms with Crippen LogP contribution >= 0.6 is 12.6 Å². The first-order valence-corrected chi connectivity index (χ1v) is 8.32. The minimum atomic E-state index is -1.17. The molecule has 2 unspecified atom stereocenters. The summed E-state index contributed by atoms with van der Waals surface area (Å²) in [6.45, 7) is 4.19. The number of nitrogens with two attached hydrogens (primary N) is 1. The van der Waals surface area contributed by atoms with E-state index in [1.54, 1.807) is 0 Å². The lowest BCUT2D eigenvalue weighted by molar-refractivity contribution is -0.142. The first-order chi connectivity index (χ1) is 10.3. The van der Waals surface area contributed by atoms with E-state index in [0.717, 1.165) is 25.7 Å². The number of aliphatic carboxylic acids is 1. The molecule has 0 bridgehead atoms. The normalized spacial score (nSPS) is 14.9. The zero-order valence-electron chi connectivity index (χ0n) is 13.4. The molecule has 0 aliphatic rings. The van der Waals surface area contributed by atoms with Crippen LogP contribution in [-0.4, -0.2) is 34.2 Å². The maximum Gasteiger partial charge on any atom is 0.326 e. The van der Waals surface area contributed by atoms with Gasteiger partial charge in [0.2, 0.25) is 11.8 Å². The lowest BCUT2D eigenvalue weighted by atomic mass is 9.94. The van der Waals surface area contributed by atoms with Crippen molar-refractivity contribution in [3.05, 3.63) is 0 Å². The summed E-state index contributed by atoms with van der Waals surface area (Å²) in [5.41, 5.74) is 5.00. The van der Waals surface area contributed by atoms with Crippen LogP contribution in [0.15, 0.2) is 0 Å². The minimum Gasteiger partial charge on any atom is -0.480 e. The Bertz CT molecular complexity index is 377. The van der Waals surface area contributed by atoms with Crippen molar-refractivity contribution in [2.75, 3.05) is 0 Å². The molecule has 0 rings (SSSR count). The van der Waals surface area contributed by atoms with E-state index in [1.165, 1.54) is 0 Å². The van der Waals surface area contributed by atoms with Crippen LogP contribution in [0.2, 0.25) is 0 Å². The number of hydrogen-bond donors (Lipinski definition) is 4.